The Morgan fingerprint density at radius 2 is 2.09 bits per heavy atom. The maximum absolute atomic E-state index is 11.2. The summed E-state index contributed by atoms with van der Waals surface area (Å²) in [5, 5.41) is 14.5. The molecule has 0 aromatic heterocycles. The van der Waals surface area contributed by atoms with Crippen LogP contribution < -0.4 is 14.8 Å². The molecular formula is C17H26N2O3. The van der Waals surface area contributed by atoms with Gasteiger partial charge in [-0.05, 0) is 45.0 Å². The third-order valence-corrected chi connectivity index (χ3v) is 5.05. The van der Waals surface area contributed by atoms with E-state index in [1.165, 1.54) is 0 Å². The summed E-state index contributed by atoms with van der Waals surface area (Å²) in [6.45, 7) is 2.45. The zero-order chi connectivity index (χ0) is 15.7. The number of likely N-dealkylation sites (tertiary alicyclic amines) is 1. The van der Waals surface area contributed by atoms with Crippen LogP contribution in [0.25, 0.3) is 0 Å². The van der Waals surface area contributed by atoms with E-state index in [4.69, 9.17) is 9.47 Å². The molecule has 0 amide bonds. The Morgan fingerprint density at radius 3 is 2.73 bits per heavy atom. The summed E-state index contributed by atoms with van der Waals surface area (Å²) in [4.78, 5) is 2.26. The minimum Gasteiger partial charge on any atom is -0.493 e. The van der Waals surface area contributed by atoms with Crippen molar-refractivity contribution in [2.45, 2.75) is 30.9 Å². The van der Waals surface area contributed by atoms with Gasteiger partial charge in [-0.15, -0.1) is 0 Å². The SMILES string of the molecule is CNC1COc2c(OC)ccc(C3(O)CCN(C)CC3)c2C1. The van der Waals surface area contributed by atoms with Crippen LogP contribution in [0.1, 0.15) is 24.0 Å². The second-order valence-corrected chi connectivity index (χ2v) is 6.46. The highest BCUT2D eigenvalue weighted by Crippen LogP contribution is 2.43. The van der Waals surface area contributed by atoms with Gasteiger partial charge in [0.15, 0.2) is 11.5 Å². The number of aliphatic hydroxyl groups is 1. The molecule has 5 heteroatoms. The van der Waals surface area contributed by atoms with E-state index in [1.807, 2.05) is 19.2 Å². The number of hydrogen-bond acceptors (Lipinski definition) is 5. The first-order valence-corrected chi connectivity index (χ1v) is 7.98. The van der Waals surface area contributed by atoms with Crippen LogP contribution in [-0.2, 0) is 12.0 Å². The van der Waals surface area contributed by atoms with Crippen molar-refractivity contribution in [1.82, 2.24) is 10.2 Å². The lowest BCUT2D eigenvalue weighted by Gasteiger charge is -2.39. The van der Waals surface area contributed by atoms with Crippen molar-refractivity contribution < 1.29 is 14.6 Å². The molecule has 2 N–H and O–H groups in total. The highest BCUT2D eigenvalue weighted by molar-refractivity contribution is 5.54. The number of nitrogens with zero attached hydrogens (tertiary/aromatic N) is 1. The fourth-order valence-electron chi connectivity index (χ4n) is 3.50. The maximum Gasteiger partial charge on any atom is 0.164 e. The number of hydrogen-bond donors (Lipinski definition) is 2. The van der Waals surface area contributed by atoms with Crippen LogP contribution in [0.4, 0.5) is 0 Å². The van der Waals surface area contributed by atoms with Gasteiger partial charge in [-0.25, -0.2) is 0 Å². The smallest absolute Gasteiger partial charge is 0.164 e. The topological polar surface area (TPSA) is 54.0 Å². The van der Waals surface area contributed by atoms with Crippen LogP contribution in [0, 0.1) is 0 Å². The summed E-state index contributed by atoms with van der Waals surface area (Å²) >= 11 is 0. The van der Waals surface area contributed by atoms with Gasteiger partial charge in [0.2, 0.25) is 0 Å². The highest BCUT2D eigenvalue weighted by Gasteiger charge is 2.37. The van der Waals surface area contributed by atoms with Crippen LogP contribution in [0.5, 0.6) is 11.5 Å². The second-order valence-electron chi connectivity index (χ2n) is 6.46. The molecule has 1 aromatic carbocycles. The third kappa shape index (κ3) is 2.69. The monoisotopic (exact) mass is 306 g/mol. The van der Waals surface area contributed by atoms with Crippen LogP contribution in [0.2, 0.25) is 0 Å². The molecule has 22 heavy (non-hydrogen) atoms. The van der Waals surface area contributed by atoms with E-state index in [-0.39, 0.29) is 6.04 Å². The summed E-state index contributed by atoms with van der Waals surface area (Å²) in [6, 6.07) is 4.21. The molecule has 3 rings (SSSR count). The molecule has 1 saturated heterocycles. The normalized spacial score (nSPS) is 24.5. The molecule has 1 unspecified atom stereocenters. The van der Waals surface area contributed by atoms with E-state index in [2.05, 4.69) is 17.3 Å². The molecule has 2 aliphatic rings. The minimum absolute atomic E-state index is 0.272. The Kier molecular flexibility index (Phi) is 4.30. The van der Waals surface area contributed by atoms with E-state index in [1.54, 1.807) is 7.11 Å². The van der Waals surface area contributed by atoms with Crippen molar-refractivity contribution in [3.63, 3.8) is 0 Å². The molecule has 0 bridgehead atoms. The van der Waals surface area contributed by atoms with E-state index in [0.29, 0.717) is 6.61 Å². The zero-order valence-corrected chi connectivity index (χ0v) is 13.7. The molecular weight excluding hydrogens is 280 g/mol. The Labute approximate surface area is 132 Å². The largest absolute Gasteiger partial charge is 0.493 e. The quantitative estimate of drug-likeness (QED) is 0.877. The number of ether oxygens (including phenoxy) is 2. The standard InChI is InChI=1S/C17H26N2O3/c1-18-12-10-13-14(17(20)6-8-19(2)9-7-17)4-5-15(21-3)16(13)22-11-12/h4-5,12,18,20H,6-11H2,1-3H3. The van der Waals surface area contributed by atoms with Crippen molar-refractivity contribution in [2.75, 3.05) is 40.9 Å². The van der Waals surface area contributed by atoms with E-state index < -0.39 is 5.60 Å². The number of piperidine rings is 1. The number of benzene rings is 1. The number of rotatable bonds is 3. The lowest BCUT2D eigenvalue weighted by atomic mass is 9.80. The fraction of sp³-hybridized carbons (Fsp3) is 0.647. The second kappa shape index (κ2) is 6.07. The third-order valence-electron chi connectivity index (χ3n) is 5.05. The molecule has 0 spiro atoms. The molecule has 0 radical (unpaired) electrons. The van der Waals surface area contributed by atoms with Crippen molar-refractivity contribution in [1.29, 1.82) is 0 Å². The summed E-state index contributed by atoms with van der Waals surface area (Å²) in [7, 11) is 5.71. The first-order chi connectivity index (χ1) is 10.6. The van der Waals surface area contributed by atoms with Crippen LogP contribution in [0.15, 0.2) is 12.1 Å². The lowest BCUT2D eigenvalue weighted by molar-refractivity contribution is -0.0216. The van der Waals surface area contributed by atoms with Crippen LogP contribution in [-0.4, -0.2) is 56.9 Å². The molecule has 0 saturated carbocycles. The molecule has 0 aliphatic carbocycles. The highest BCUT2D eigenvalue weighted by atomic mass is 16.5. The number of fused-ring (bicyclic) bond motifs is 1. The first kappa shape index (κ1) is 15.6. The number of methoxy groups -OCH3 is 1. The number of likely N-dealkylation sites (N-methyl/N-ethyl adjacent to an activating group) is 1. The molecule has 1 fully saturated rings. The molecule has 122 valence electrons. The van der Waals surface area contributed by atoms with Gasteiger partial charge in [-0.2, -0.15) is 0 Å². The summed E-state index contributed by atoms with van der Waals surface area (Å²) in [5.41, 5.74) is 1.34. The van der Waals surface area contributed by atoms with Gasteiger partial charge in [-0.3, -0.25) is 0 Å². The minimum atomic E-state index is -0.762. The van der Waals surface area contributed by atoms with Gasteiger partial charge in [0, 0.05) is 24.7 Å². The summed E-state index contributed by atoms with van der Waals surface area (Å²) in [5.74, 6) is 1.56. The Hall–Kier alpha value is -1.30. The van der Waals surface area contributed by atoms with E-state index in [9.17, 15) is 5.11 Å². The Morgan fingerprint density at radius 1 is 1.36 bits per heavy atom. The molecule has 2 aliphatic heterocycles. The van der Waals surface area contributed by atoms with Crippen LogP contribution >= 0.6 is 0 Å². The fourth-order valence-corrected chi connectivity index (χ4v) is 3.50. The maximum atomic E-state index is 11.2. The summed E-state index contributed by atoms with van der Waals surface area (Å²) in [6.07, 6.45) is 2.37. The molecule has 1 atom stereocenters. The molecule has 1 aromatic rings. The van der Waals surface area contributed by atoms with E-state index >= 15 is 0 Å². The van der Waals surface area contributed by atoms with Gasteiger partial charge in [0.25, 0.3) is 0 Å². The summed E-state index contributed by atoms with van der Waals surface area (Å²) < 4.78 is 11.4. The van der Waals surface area contributed by atoms with Gasteiger partial charge < -0.3 is 24.8 Å². The Bertz CT molecular complexity index is 539. The van der Waals surface area contributed by atoms with Crippen molar-refractivity contribution in [3.8, 4) is 11.5 Å². The zero-order valence-electron chi connectivity index (χ0n) is 13.7. The predicted octanol–water partition coefficient (Wildman–Crippen LogP) is 1.13. The van der Waals surface area contributed by atoms with Gasteiger partial charge in [-0.1, -0.05) is 6.07 Å². The van der Waals surface area contributed by atoms with Crippen LogP contribution in [0.3, 0.4) is 0 Å². The average Bonchev–Trinajstić information content (AvgIpc) is 2.56. The average molecular weight is 306 g/mol. The molecule has 2 heterocycles. The van der Waals surface area contributed by atoms with Gasteiger partial charge in [0.1, 0.15) is 6.61 Å². The van der Waals surface area contributed by atoms with Gasteiger partial charge in [0.05, 0.1) is 12.7 Å². The lowest BCUT2D eigenvalue weighted by Crippen LogP contribution is -2.43. The Balaban J connectivity index is 2.01. The first-order valence-electron chi connectivity index (χ1n) is 7.98. The van der Waals surface area contributed by atoms with E-state index in [0.717, 1.165) is 55.0 Å². The van der Waals surface area contributed by atoms with Crippen molar-refractivity contribution in [2.24, 2.45) is 0 Å². The van der Waals surface area contributed by atoms with Crippen molar-refractivity contribution >= 4 is 0 Å². The van der Waals surface area contributed by atoms with Crippen molar-refractivity contribution in [3.05, 3.63) is 23.3 Å². The number of nitrogens with one attached hydrogen (secondary N) is 1. The van der Waals surface area contributed by atoms with Gasteiger partial charge >= 0.3 is 0 Å². The molecule has 5 nitrogen and oxygen atoms in total. The predicted molar refractivity (Wildman–Crippen MR) is 85.7 cm³/mol.